The fraction of sp³-hybridized carbons (Fsp3) is 0.889. The molecular formula is C9H17NO2. The molecule has 0 atom stereocenters. The molecular weight excluding hydrogens is 154 g/mol. The van der Waals surface area contributed by atoms with Gasteiger partial charge in [0.05, 0.1) is 0 Å². The summed E-state index contributed by atoms with van der Waals surface area (Å²) < 4.78 is 5.39. The molecule has 1 aliphatic rings. The maximum atomic E-state index is 10.4. The molecule has 70 valence electrons. The number of carbonyl (C=O) groups excluding carboxylic acids is 1. The average molecular weight is 171 g/mol. The van der Waals surface area contributed by atoms with Crippen LogP contribution in [0.1, 0.15) is 26.2 Å². The van der Waals surface area contributed by atoms with Crippen LogP contribution in [0, 0.1) is 5.92 Å². The first kappa shape index (κ1) is 9.52. The van der Waals surface area contributed by atoms with Crippen LogP contribution in [0.3, 0.4) is 0 Å². The molecule has 3 nitrogen and oxygen atoms in total. The Labute approximate surface area is 73.5 Å². The van der Waals surface area contributed by atoms with Gasteiger partial charge in [-0.15, -0.1) is 0 Å². The highest BCUT2D eigenvalue weighted by atomic mass is 16.5. The van der Waals surface area contributed by atoms with Crippen molar-refractivity contribution in [2.45, 2.75) is 26.2 Å². The molecule has 1 rings (SSSR count). The van der Waals surface area contributed by atoms with Gasteiger partial charge in [-0.2, -0.15) is 0 Å². The van der Waals surface area contributed by atoms with Gasteiger partial charge in [-0.1, -0.05) is 0 Å². The highest BCUT2D eigenvalue weighted by Gasteiger charge is 2.20. The number of hydrogen-bond donors (Lipinski definition) is 1. The Morgan fingerprint density at radius 2 is 2.33 bits per heavy atom. The molecule has 0 radical (unpaired) electrons. The van der Waals surface area contributed by atoms with Crippen LogP contribution in [-0.4, -0.2) is 25.7 Å². The molecule has 0 unspecified atom stereocenters. The first-order chi connectivity index (χ1) is 5.79. The molecule has 0 heterocycles. The van der Waals surface area contributed by atoms with Crippen molar-refractivity contribution in [3.63, 3.8) is 0 Å². The lowest BCUT2D eigenvalue weighted by Gasteiger charge is -2.03. The highest BCUT2D eigenvalue weighted by molar-refractivity contribution is 5.72. The average Bonchev–Trinajstić information content (AvgIpc) is 2.79. The van der Waals surface area contributed by atoms with Crippen LogP contribution in [0.25, 0.3) is 0 Å². The maximum Gasteiger partial charge on any atom is 0.216 e. The normalized spacial score (nSPS) is 16.1. The van der Waals surface area contributed by atoms with E-state index in [-0.39, 0.29) is 5.91 Å². The zero-order chi connectivity index (χ0) is 8.81. The first-order valence-corrected chi connectivity index (χ1v) is 4.61. The van der Waals surface area contributed by atoms with Crippen molar-refractivity contribution in [3.8, 4) is 0 Å². The second kappa shape index (κ2) is 5.14. The summed E-state index contributed by atoms with van der Waals surface area (Å²) in [4.78, 5) is 10.4. The van der Waals surface area contributed by atoms with Gasteiger partial charge in [0, 0.05) is 26.7 Å². The standard InChI is InChI=1S/C9H17NO2/c1-8(11)10-5-2-6-12-7-9-3-4-9/h9H,2-7H2,1H3,(H,10,11). The quantitative estimate of drug-likeness (QED) is 0.604. The summed E-state index contributed by atoms with van der Waals surface area (Å²) in [6.07, 6.45) is 3.60. The van der Waals surface area contributed by atoms with E-state index in [1.54, 1.807) is 0 Å². The third-order valence-corrected chi connectivity index (χ3v) is 1.89. The molecule has 12 heavy (non-hydrogen) atoms. The monoisotopic (exact) mass is 171 g/mol. The topological polar surface area (TPSA) is 38.3 Å². The van der Waals surface area contributed by atoms with Crippen molar-refractivity contribution in [2.24, 2.45) is 5.92 Å². The van der Waals surface area contributed by atoms with Crippen molar-refractivity contribution < 1.29 is 9.53 Å². The number of nitrogens with one attached hydrogen (secondary N) is 1. The molecule has 1 aliphatic carbocycles. The highest BCUT2D eigenvalue weighted by Crippen LogP contribution is 2.28. The van der Waals surface area contributed by atoms with Crippen LogP contribution in [-0.2, 0) is 9.53 Å². The Bertz CT molecular complexity index is 143. The molecule has 0 bridgehead atoms. The second-order valence-corrected chi connectivity index (χ2v) is 3.35. The largest absolute Gasteiger partial charge is 0.381 e. The van der Waals surface area contributed by atoms with E-state index in [0.717, 1.165) is 32.1 Å². The molecule has 1 fully saturated rings. The van der Waals surface area contributed by atoms with Gasteiger partial charge in [0.2, 0.25) is 5.91 Å². The van der Waals surface area contributed by atoms with E-state index >= 15 is 0 Å². The number of amides is 1. The van der Waals surface area contributed by atoms with Gasteiger partial charge in [-0.3, -0.25) is 4.79 Å². The lowest BCUT2D eigenvalue weighted by molar-refractivity contribution is -0.119. The molecule has 1 N–H and O–H groups in total. The second-order valence-electron chi connectivity index (χ2n) is 3.35. The van der Waals surface area contributed by atoms with Crippen molar-refractivity contribution >= 4 is 5.91 Å². The van der Waals surface area contributed by atoms with Gasteiger partial charge in [-0.05, 0) is 25.2 Å². The zero-order valence-electron chi connectivity index (χ0n) is 7.64. The molecule has 0 aliphatic heterocycles. The van der Waals surface area contributed by atoms with Crippen molar-refractivity contribution in [1.82, 2.24) is 5.32 Å². The summed E-state index contributed by atoms with van der Waals surface area (Å²) in [5.41, 5.74) is 0. The van der Waals surface area contributed by atoms with Crippen molar-refractivity contribution in [2.75, 3.05) is 19.8 Å². The van der Waals surface area contributed by atoms with Crippen LogP contribution < -0.4 is 5.32 Å². The molecule has 0 aromatic carbocycles. The van der Waals surface area contributed by atoms with Gasteiger partial charge < -0.3 is 10.1 Å². The van der Waals surface area contributed by atoms with Crippen LogP contribution in [0.2, 0.25) is 0 Å². The SMILES string of the molecule is CC(=O)NCCCOCC1CC1. The number of rotatable bonds is 6. The third kappa shape index (κ3) is 5.13. The van der Waals surface area contributed by atoms with E-state index in [0.29, 0.717) is 0 Å². The maximum absolute atomic E-state index is 10.4. The molecule has 3 heteroatoms. The van der Waals surface area contributed by atoms with Gasteiger partial charge in [0.25, 0.3) is 0 Å². The van der Waals surface area contributed by atoms with Crippen LogP contribution in [0.15, 0.2) is 0 Å². The minimum absolute atomic E-state index is 0.0391. The van der Waals surface area contributed by atoms with Gasteiger partial charge in [0.15, 0.2) is 0 Å². The zero-order valence-corrected chi connectivity index (χ0v) is 7.64. The fourth-order valence-electron chi connectivity index (χ4n) is 0.973. The van der Waals surface area contributed by atoms with Gasteiger partial charge >= 0.3 is 0 Å². The minimum Gasteiger partial charge on any atom is -0.381 e. The van der Waals surface area contributed by atoms with E-state index in [1.165, 1.54) is 19.8 Å². The van der Waals surface area contributed by atoms with E-state index in [4.69, 9.17) is 4.74 Å². The van der Waals surface area contributed by atoms with Crippen LogP contribution in [0.5, 0.6) is 0 Å². The van der Waals surface area contributed by atoms with Gasteiger partial charge in [0.1, 0.15) is 0 Å². The van der Waals surface area contributed by atoms with E-state index in [1.807, 2.05) is 0 Å². The molecule has 0 aromatic rings. The molecule has 1 saturated carbocycles. The minimum atomic E-state index is 0.0391. The third-order valence-electron chi connectivity index (χ3n) is 1.89. The van der Waals surface area contributed by atoms with Crippen LogP contribution in [0.4, 0.5) is 0 Å². The molecule has 0 spiro atoms. The van der Waals surface area contributed by atoms with Crippen molar-refractivity contribution in [3.05, 3.63) is 0 Å². The Morgan fingerprint density at radius 1 is 1.58 bits per heavy atom. The first-order valence-electron chi connectivity index (χ1n) is 4.61. The molecule has 1 amide bonds. The van der Waals surface area contributed by atoms with E-state index in [2.05, 4.69) is 5.32 Å². The molecule has 0 saturated heterocycles. The predicted octanol–water partition coefficient (Wildman–Crippen LogP) is 0.939. The van der Waals surface area contributed by atoms with Crippen LogP contribution >= 0.6 is 0 Å². The van der Waals surface area contributed by atoms with E-state index in [9.17, 15) is 4.79 Å². The lowest BCUT2D eigenvalue weighted by Crippen LogP contribution is -2.22. The lowest BCUT2D eigenvalue weighted by atomic mass is 10.4. The Balaban J connectivity index is 1.73. The summed E-state index contributed by atoms with van der Waals surface area (Å²) >= 11 is 0. The fourth-order valence-corrected chi connectivity index (χ4v) is 0.973. The summed E-state index contributed by atoms with van der Waals surface area (Å²) in [6, 6.07) is 0. The molecule has 0 aromatic heterocycles. The summed E-state index contributed by atoms with van der Waals surface area (Å²) in [5, 5.41) is 2.73. The number of hydrogen-bond acceptors (Lipinski definition) is 2. The summed E-state index contributed by atoms with van der Waals surface area (Å²) in [7, 11) is 0. The van der Waals surface area contributed by atoms with Crippen molar-refractivity contribution in [1.29, 1.82) is 0 Å². The number of ether oxygens (including phenoxy) is 1. The Morgan fingerprint density at radius 3 is 2.92 bits per heavy atom. The van der Waals surface area contributed by atoms with E-state index < -0.39 is 0 Å². The Kier molecular flexibility index (Phi) is 4.08. The summed E-state index contributed by atoms with van der Waals surface area (Å²) in [5.74, 6) is 0.878. The number of carbonyl (C=O) groups is 1. The van der Waals surface area contributed by atoms with Gasteiger partial charge in [-0.25, -0.2) is 0 Å². The Hall–Kier alpha value is -0.570. The smallest absolute Gasteiger partial charge is 0.216 e. The predicted molar refractivity (Wildman–Crippen MR) is 46.8 cm³/mol. The summed E-state index contributed by atoms with van der Waals surface area (Å²) in [6.45, 7) is 3.96.